The first-order chi connectivity index (χ1) is 17.0. The molecule has 9 heteroatoms. The maximum Gasteiger partial charge on any atom is 0.305 e. The average Bonchev–Trinajstić information content (AvgIpc) is 3.24. The van der Waals surface area contributed by atoms with Crippen LogP contribution in [-0.4, -0.2) is 41.2 Å². The number of halogens is 1. The molecule has 0 amide bonds. The number of carbonyl (C=O) groups is 1. The predicted molar refractivity (Wildman–Crippen MR) is 130 cm³/mol. The number of aryl methyl sites for hydroxylation is 1. The number of unbranched alkanes of at least 4 members (excludes halogenated alkanes) is 2. The van der Waals surface area contributed by atoms with E-state index in [-0.39, 0.29) is 17.6 Å². The van der Waals surface area contributed by atoms with E-state index in [0.717, 1.165) is 25.0 Å². The molecule has 0 spiro atoms. The van der Waals surface area contributed by atoms with Gasteiger partial charge in [-0.2, -0.15) is 0 Å². The summed E-state index contributed by atoms with van der Waals surface area (Å²) in [5.41, 5.74) is 2.14. The molecular weight excluding hydrogens is 453 g/mol. The van der Waals surface area contributed by atoms with E-state index in [4.69, 9.17) is 18.9 Å². The molecular formula is C26H28FN3O5. The summed E-state index contributed by atoms with van der Waals surface area (Å²) >= 11 is 0. The molecule has 2 aromatic carbocycles. The Morgan fingerprint density at radius 3 is 2.69 bits per heavy atom. The lowest BCUT2D eigenvalue weighted by atomic mass is 10.2. The minimum absolute atomic E-state index is 0.0682. The first-order valence-electron chi connectivity index (χ1n) is 11.6. The van der Waals surface area contributed by atoms with Crippen molar-refractivity contribution in [1.82, 2.24) is 15.0 Å². The second-order valence-electron chi connectivity index (χ2n) is 8.06. The zero-order chi connectivity index (χ0) is 24.8. The van der Waals surface area contributed by atoms with Gasteiger partial charge in [0.25, 0.3) is 0 Å². The Morgan fingerprint density at radius 1 is 1.03 bits per heavy atom. The van der Waals surface area contributed by atoms with Crippen LogP contribution in [0.4, 0.5) is 4.39 Å². The van der Waals surface area contributed by atoms with E-state index in [2.05, 4.69) is 15.0 Å². The molecule has 8 nitrogen and oxygen atoms in total. The quantitative estimate of drug-likeness (QED) is 0.212. The number of aromatic amines is 1. The number of esters is 1. The summed E-state index contributed by atoms with van der Waals surface area (Å²) < 4.78 is 37.2. The normalized spacial score (nSPS) is 11.1. The van der Waals surface area contributed by atoms with E-state index >= 15 is 4.39 Å². The summed E-state index contributed by atoms with van der Waals surface area (Å²) in [4.78, 5) is 23.0. The molecule has 35 heavy (non-hydrogen) atoms. The molecule has 0 bridgehead atoms. The van der Waals surface area contributed by atoms with Crippen LogP contribution in [0.25, 0.3) is 21.8 Å². The zero-order valence-electron chi connectivity index (χ0n) is 20.0. The van der Waals surface area contributed by atoms with Crippen molar-refractivity contribution in [1.29, 1.82) is 0 Å². The third-order valence-corrected chi connectivity index (χ3v) is 5.52. The standard InChI is InChI=1S/C26H28FN3O5/c1-4-33-24(31)8-6-5-7-11-34-23-14-20-18(13-22(23)32-3)26(29-15-28-20)35-21-10-9-19-17(25(21)27)12-16(2)30-19/h9-10,12-15,30H,4-8,11H2,1-3H3. The number of benzene rings is 2. The second-order valence-corrected chi connectivity index (χ2v) is 8.06. The molecule has 0 aliphatic heterocycles. The lowest BCUT2D eigenvalue weighted by molar-refractivity contribution is -0.143. The number of methoxy groups -OCH3 is 1. The molecule has 0 aliphatic carbocycles. The molecule has 2 aromatic heterocycles. The van der Waals surface area contributed by atoms with Crippen LogP contribution in [0.15, 0.2) is 36.7 Å². The van der Waals surface area contributed by atoms with Gasteiger partial charge in [0.1, 0.15) is 6.33 Å². The van der Waals surface area contributed by atoms with Gasteiger partial charge in [-0.3, -0.25) is 4.79 Å². The van der Waals surface area contributed by atoms with Gasteiger partial charge in [0.15, 0.2) is 23.1 Å². The maximum atomic E-state index is 15.0. The smallest absolute Gasteiger partial charge is 0.305 e. The number of aromatic nitrogens is 3. The molecule has 2 heterocycles. The highest BCUT2D eigenvalue weighted by molar-refractivity contribution is 5.87. The number of nitrogens with one attached hydrogen (secondary N) is 1. The van der Waals surface area contributed by atoms with E-state index in [0.29, 0.717) is 52.9 Å². The summed E-state index contributed by atoms with van der Waals surface area (Å²) in [7, 11) is 1.54. The SMILES string of the molecule is CCOC(=O)CCCCCOc1cc2ncnc(Oc3ccc4[nH]c(C)cc4c3F)c2cc1OC. The van der Waals surface area contributed by atoms with E-state index in [9.17, 15) is 4.79 Å². The van der Waals surface area contributed by atoms with Crippen molar-refractivity contribution < 1.29 is 28.1 Å². The highest BCUT2D eigenvalue weighted by atomic mass is 19.1. The maximum absolute atomic E-state index is 15.0. The molecule has 1 N–H and O–H groups in total. The van der Waals surface area contributed by atoms with Crippen molar-refractivity contribution in [2.75, 3.05) is 20.3 Å². The highest BCUT2D eigenvalue weighted by Gasteiger charge is 2.16. The van der Waals surface area contributed by atoms with Gasteiger partial charge in [-0.1, -0.05) is 0 Å². The summed E-state index contributed by atoms with van der Waals surface area (Å²) in [6, 6.07) is 8.54. The van der Waals surface area contributed by atoms with Crippen LogP contribution >= 0.6 is 0 Å². The molecule has 4 rings (SSSR count). The van der Waals surface area contributed by atoms with E-state index < -0.39 is 5.82 Å². The first kappa shape index (κ1) is 24.3. The van der Waals surface area contributed by atoms with Crippen LogP contribution in [0.2, 0.25) is 0 Å². The van der Waals surface area contributed by atoms with Gasteiger partial charge < -0.3 is 23.9 Å². The van der Waals surface area contributed by atoms with Gasteiger partial charge >= 0.3 is 5.97 Å². The van der Waals surface area contributed by atoms with Crippen molar-refractivity contribution in [2.24, 2.45) is 0 Å². The number of carbonyl (C=O) groups excluding carboxylic acids is 1. The number of nitrogens with zero attached hydrogens (tertiary/aromatic N) is 2. The minimum Gasteiger partial charge on any atom is -0.493 e. The lowest BCUT2D eigenvalue weighted by Crippen LogP contribution is -2.04. The number of hydrogen-bond donors (Lipinski definition) is 1. The molecule has 0 fully saturated rings. The number of fused-ring (bicyclic) bond motifs is 2. The van der Waals surface area contributed by atoms with Crippen LogP contribution in [0, 0.1) is 12.7 Å². The van der Waals surface area contributed by atoms with Crippen molar-refractivity contribution in [3.8, 4) is 23.1 Å². The van der Waals surface area contributed by atoms with Crippen LogP contribution in [0.5, 0.6) is 23.1 Å². The van der Waals surface area contributed by atoms with Crippen LogP contribution in [0.3, 0.4) is 0 Å². The van der Waals surface area contributed by atoms with Crippen LogP contribution < -0.4 is 14.2 Å². The number of rotatable bonds is 11. The number of hydrogen-bond acceptors (Lipinski definition) is 7. The van der Waals surface area contributed by atoms with Gasteiger partial charge in [-0.15, -0.1) is 0 Å². The van der Waals surface area contributed by atoms with Crippen molar-refractivity contribution in [2.45, 2.75) is 39.5 Å². The largest absolute Gasteiger partial charge is 0.493 e. The lowest BCUT2D eigenvalue weighted by Gasteiger charge is -2.13. The second kappa shape index (κ2) is 11.0. The van der Waals surface area contributed by atoms with E-state index in [1.807, 2.05) is 6.92 Å². The number of H-pyrrole nitrogens is 1. The van der Waals surface area contributed by atoms with Gasteiger partial charge in [-0.25, -0.2) is 14.4 Å². The third kappa shape index (κ3) is 5.62. The Balaban J connectivity index is 1.48. The first-order valence-corrected chi connectivity index (χ1v) is 11.6. The average molecular weight is 482 g/mol. The van der Waals surface area contributed by atoms with Crippen molar-refractivity contribution in [3.63, 3.8) is 0 Å². The Morgan fingerprint density at radius 2 is 1.89 bits per heavy atom. The molecule has 0 unspecified atom stereocenters. The van der Waals surface area contributed by atoms with Crippen LogP contribution in [0.1, 0.15) is 38.3 Å². The molecule has 4 aromatic rings. The molecule has 0 radical (unpaired) electrons. The highest BCUT2D eigenvalue weighted by Crippen LogP contribution is 2.37. The van der Waals surface area contributed by atoms with Gasteiger partial charge in [0.05, 0.1) is 31.2 Å². The third-order valence-electron chi connectivity index (χ3n) is 5.52. The van der Waals surface area contributed by atoms with Crippen LogP contribution in [-0.2, 0) is 9.53 Å². The number of ether oxygens (including phenoxy) is 4. The summed E-state index contributed by atoms with van der Waals surface area (Å²) in [6.07, 6.45) is 4.13. The summed E-state index contributed by atoms with van der Waals surface area (Å²) in [5, 5.41) is 1.02. The van der Waals surface area contributed by atoms with Gasteiger partial charge in [0.2, 0.25) is 5.88 Å². The Kier molecular flexibility index (Phi) is 7.64. The van der Waals surface area contributed by atoms with E-state index in [1.54, 1.807) is 44.4 Å². The Hall–Kier alpha value is -3.88. The summed E-state index contributed by atoms with van der Waals surface area (Å²) in [5.74, 6) is 0.660. The minimum atomic E-state index is -0.464. The topological polar surface area (TPSA) is 95.6 Å². The van der Waals surface area contributed by atoms with Crippen molar-refractivity contribution >= 4 is 27.8 Å². The fourth-order valence-electron chi connectivity index (χ4n) is 3.83. The Bertz CT molecular complexity index is 1340. The predicted octanol–water partition coefficient (Wildman–Crippen LogP) is 5.86. The van der Waals surface area contributed by atoms with Gasteiger partial charge in [-0.05, 0) is 57.4 Å². The molecule has 0 atom stereocenters. The van der Waals surface area contributed by atoms with Crippen molar-refractivity contribution in [3.05, 3.63) is 48.2 Å². The van der Waals surface area contributed by atoms with Gasteiger partial charge in [0, 0.05) is 29.1 Å². The fourth-order valence-corrected chi connectivity index (χ4v) is 3.83. The molecule has 184 valence electrons. The fraction of sp³-hybridized carbons (Fsp3) is 0.346. The Labute approximate surface area is 202 Å². The monoisotopic (exact) mass is 481 g/mol. The zero-order valence-corrected chi connectivity index (χ0v) is 20.0. The molecule has 0 aliphatic rings. The molecule has 0 saturated carbocycles. The summed E-state index contributed by atoms with van der Waals surface area (Å²) in [6.45, 7) is 4.52. The molecule has 0 saturated heterocycles. The van der Waals surface area contributed by atoms with E-state index in [1.165, 1.54) is 6.33 Å².